The van der Waals surface area contributed by atoms with Gasteiger partial charge in [-0.2, -0.15) is 0 Å². The summed E-state index contributed by atoms with van der Waals surface area (Å²) >= 11 is 0. The number of primary amides is 1. The molecule has 0 aromatic heterocycles. The zero-order chi connectivity index (χ0) is 17.6. The van der Waals surface area contributed by atoms with Crippen LogP contribution in [0.15, 0.2) is 54.6 Å². The second-order valence-electron chi connectivity index (χ2n) is 6.29. The van der Waals surface area contributed by atoms with Gasteiger partial charge in [0.25, 0.3) is 0 Å². The van der Waals surface area contributed by atoms with E-state index in [2.05, 4.69) is 5.32 Å². The molecule has 1 aliphatic heterocycles. The lowest BCUT2D eigenvalue weighted by Crippen LogP contribution is -2.48. The number of carbonyl (C=O) groups excluding carboxylic acids is 2. The van der Waals surface area contributed by atoms with E-state index in [0.29, 0.717) is 26.1 Å². The van der Waals surface area contributed by atoms with E-state index in [4.69, 9.17) is 10.5 Å². The standard InChI is InChI=1S/C20H22N2O3/c21-19(23)18(22-20(24)17-10-11-25-13-17)12-14-6-8-16(9-7-14)15-4-2-1-3-5-15/h1-9,17-18H,10-13H2,(H2,21,23)(H,22,24)/t17-,18+/m1/s1. The summed E-state index contributed by atoms with van der Waals surface area (Å²) in [7, 11) is 0. The molecule has 0 bridgehead atoms. The van der Waals surface area contributed by atoms with Crippen LogP contribution in [0.5, 0.6) is 0 Å². The van der Waals surface area contributed by atoms with Crippen LogP contribution >= 0.6 is 0 Å². The summed E-state index contributed by atoms with van der Waals surface area (Å²) in [5, 5.41) is 2.76. The van der Waals surface area contributed by atoms with Crippen LogP contribution in [0.4, 0.5) is 0 Å². The summed E-state index contributed by atoms with van der Waals surface area (Å²) in [4.78, 5) is 23.9. The molecule has 3 N–H and O–H groups in total. The van der Waals surface area contributed by atoms with E-state index in [1.54, 1.807) is 0 Å². The number of hydrogen-bond donors (Lipinski definition) is 2. The van der Waals surface area contributed by atoms with Gasteiger partial charge in [-0.3, -0.25) is 9.59 Å². The van der Waals surface area contributed by atoms with Crippen molar-refractivity contribution >= 4 is 11.8 Å². The average Bonchev–Trinajstić information content (AvgIpc) is 3.17. The van der Waals surface area contributed by atoms with E-state index in [9.17, 15) is 9.59 Å². The number of benzene rings is 2. The van der Waals surface area contributed by atoms with Gasteiger partial charge in [0.2, 0.25) is 11.8 Å². The molecular formula is C20H22N2O3. The molecule has 0 unspecified atom stereocenters. The third kappa shape index (κ3) is 4.45. The maximum atomic E-state index is 12.2. The molecule has 1 saturated heterocycles. The van der Waals surface area contributed by atoms with Gasteiger partial charge in [0.05, 0.1) is 12.5 Å². The van der Waals surface area contributed by atoms with Gasteiger partial charge >= 0.3 is 0 Å². The van der Waals surface area contributed by atoms with Crippen LogP contribution in [0.3, 0.4) is 0 Å². The van der Waals surface area contributed by atoms with Gasteiger partial charge in [-0.15, -0.1) is 0 Å². The lowest BCUT2D eigenvalue weighted by Gasteiger charge is -2.18. The van der Waals surface area contributed by atoms with Crippen molar-refractivity contribution in [2.45, 2.75) is 18.9 Å². The first kappa shape index (κ1) is 17.2. The van der Waals surface area contributed by atoms with Gasteiger partial charge in [-0.05, 0) is 23.1 Å². The SMILES string of the molecule is NC(=O)[C@H](Cc1ccc(-c2ccccc2)cc1)NC(=O)[C@@H]1CCOC1. The molecule has 5 nitrogen and oxygen atoms in total. The van der Waals surface area contributed by atoms with Gasteiger partial charge < -0.3 is 15.8 Å². The Labute approximate surface area is 147 Å². The van der Waals surface area contributed by atoms with Gasteiger partial charge in [0.15, 0.2) is 0 Å². The van der Waals surface area contributed by atoms with E-state index >= 15 is 0 Å². The highest BCUT2D eigenvalue weighted by molar-refractivity contribution is 5.88. The maximum Gasteiger partial charge on any atom is 0.240 e. The van der Waals surface area contributed by atoms with E-state index in [1.165, 1.54) is 0 Å². The highest BCUT2D eigenvalue weighted by Gasteiger charge is 2.27. The highest BCUT2D eigenvalue weighted by atomic mass is 16.5. The minimum Gasteiger partial charge on any atom is -0.381 e. The van der Waals surface area contributed by atoms with Gasteiger partial charge in [0, 0.05) is 13.0 Å². The fourth-order valence-corrected chi connectivity index (χ4v) is 2.95. The van der Waals surface area contributed by atoms with Crippen molar-refractivity contribution in [3.63, 3.8) is 0 Å². The Kier molecular flexibility index (Phi) is 5.46. The zero-order valence-electron chi connectivity index (χ0n) is 14.0. The summed E-state index contributed by atoms with van der Waals surface area (Å²) < 4.78 is 5.22. The maximum absolute atomic E-state index is 12.2. The normalized spacial score (nSPS) is 17.8. The third-order valence-electron chi connectivity index (χ3n) is 4.46. The fourth-order valence-electron chi connectivity index (χ4n) is 2.95. The van der Waals surface area contributed by atoms with Gasteiger partial charge in [-0.1, -0.05) is 54.6 Å². The first-order valence-corrected chi connectivity index (χ1v) is 8.45. The molecule has 1 fully saturated rings. The lowest BCUT2D eigenvalue weighted by molar-refractivity contribution is -0.129. The van der Waals surface area contributed by atoms with E-state index in [-0.39, 0.29) is 11.8 Å². The lowest BCUT2D eigenvalue weighted by atomic mass is 10.00. The Bertz CT molecular complexity index is 722. The van der Waals surface area contributed by atoms with Crippen LogP contribution in [0.2, 0.25) is 0 Å². The van der Waals surface area contributed by atoms with Crippen molar-refractivity contribution in [2.75, 3.05) is 13.2 Å². The molecule has 2 aromatic rings. The van der Waals surface area contributed by atoms with Crippen LogP contribution in [0.1, 0.15) is 12.0 Å². The Balaban J connectivity index is 1.65. The van der Waals surface area contributed by atoms with Crippen molar-refractivity contribution in [1.82, 2.24) is 5.32 Å². The monoisotopic (exact) mass is 338 g/mol. The summed E-state index contributed by atoms with van der Waals surface area (Å²) in [5.74, 6) is -0.885. The Morgan fingerprint density at radius 2 is 1.76 bits per heavy atom. The molecule has 25 heavy (non-hydrogen) atoms. The number of nitrogens with two attached hydrogens (primary N) is 1. The van der Waals surface area contributed by atoms with Crippen molar-refractivity contribution in [2.24, 2.45) is 11.7 Å². The largest absolute Gasteiger partial charge is 0.381 e. The van der Waals surface area contributed by atoms with Crippen LogP contribution < -0.4 is 11.1 Å². The topological polar surface area (TPSA) is 81.4 Å². The van der Waals surface area contributed by atoms with Crippen LogP contribution in [-0.4, -0.2) is 31.1 Å². The molecular weight excluding hydrogens is 316 g/mol. The Morgan fingerprint density at radius 3 is 2.36 bits per heavy atom. The van der Waals surface area contributed by atoms with Gasteiger partial charge in [0.1, 0.15) is 6.04 Å². The quantitative estimate of drug-likeness (QED) is 0.844. The average molecular weight is 338 g/mol. The van der Waals surface area contributed by atoms with Crippen molar-refractivity contribution in [3.8, 4) is 11.1 Å². The first-order valence-electron chi connectivity index (χ1n) is 8.45. The Morgan fingerprint density at radius 1 is 1.08 bits per heavy atom. The smallest absolute Gasteiger partial charge is 0.240 e. The second-order valence-corrected chi connectivity index (χ2v) is 6.29. The second kappa shape index (κ2) is 7.94. The molecule has 5 heteroatoms. The molecule has 1 aliphatic rings. The van der Waals surface area contributed by atoms with Crippen molar-refractivity contribution in [1.29, 1.82) is 0 Å². The molecule has 0 aliphatic carbocycles. The molecule has 2 atom stereocenters. The van der Waals surface area contributed by atoms with E-state index in [1.807, 2.05) is 54.6 Å². The van der Waals surface area contributed by atoms with Gasteiger partial charge in [-0.25, -0.2) is 0 Å². The number of nitrogens with one attached hydrogen (secondary N) is 1. The Hall–Kier alpha value is -2.66. The summed E-state index contributed by atoms with van der Waals surface area (Å²) in [6.45, 7) is 0.989. The molecule has 2 aromatic carbocycles. The van der Waals surface area contributed by atoms with E-state index < -0.39 is 11.9 Å². The minimum atomic E-state index is -0.712. The predicted molar refractivity (Wildman–Crippen MR) is 95.6 cm³/mol. The summed E-state index contributed by atoms with van der Waals surface area (Å²) in [6, 6.07) is 17.3. The van der Waals surface area contributed by atoms with Crippen LogP contribution in [-0.2, 0) is 20.7 Å². The minimum absolute atomic E-state index is 0.165. The van der Waals surface area contributed by atoms with Crippen molar-refractivity contribution in [3.05, 3.63) is 60.2 Å². The molecule has 0 spiro atoms. The number of amides is 2. The molecule has 0 radical (unpaired) electrons. The first-order chi connectivity index (χ1) is 12.1. The van der Waals surface area contributed by atoms with Crippen LogP contribution in [0.25, 0.3) is 11.1 Å². The summed E-state index contributed by atoms with van der Waals surface area (Å²) in [5.41, 5.74) is 8.66. The zero-order valence-corrected chi connectivity index (χ0v) is 14.0. The summed E-state index contributed by atoms with van der Waals surface area (Å²) in [6.07, 6.45) is 1.06. The van der Waals surface area contributed by atoms with Crippen LogP contribution in [0, 0.1) is 5.92 Å². The molecule has 3 rings (SSSR count). The number of hydrogen-bond acceptors (Lipinski definition) is 3. The number of ether oxygens (including phenoxy) is 1. The number of carbonyl (C=O) groups is 2. The molecule has 2 amide bonds. The molecule has 1 heterocycles. The predicted octanol–water partition coefficient (Wildman–Crippen LogP) is 1.90. The molecule has 130 valence electrons. The number of rotatable bonds is 6. The van der Waals surface area contributed by atoms with E-state index in [0.717, 1.165) is 16.7 Å². The third-order valence-corrected chi connectivity index (χ3v) is 4.46. The molecule has 0 saturated carbocycles. The highest BCUT2D eigenvalue weighted by Crippen LogP contribution is 2.20. The van der Waals surface area contributed by atoms with Crippen molar-refractivity contribution < 1.29 is 14.3 Å². The fraction of sp³-hybridized carbons (Fsp3) is 0.300.